The molecule has 2 aromatic carbocycles. The van der Waals surface area contributed by atoms with E-state index in [1.165, 1.54) is 6.07 Å². The maximum atomic E-state index is 13.9. The molecular formula is C26H28FN3O4. The van der Waals surface area contributed by atoms with Gasteiger partial charge in [-0.15, -0.1) is 0 Å². The van der Waals surface area contributed by atoms with Crippen LogP contribution in [0.25, 0.3) is 0 Å². The van der Waals surface area contributed by atoms with Crippen molar-refractivity contribution in [1.82, 2.24) is 9.80 Å². The van der Waals surface area contributed by atoms with Crippen LogP contribution < -0.4 is 0 Å². The molecule has 8 heteroatoms. The minimum Gasteiger partial charge on any atom is -0.457 e. The van der Waals surface area contributed by atoms with Gasteiger partial charge in [-0.05, 0) is 48.2 Å². The largest absolute Gasteiger partial charge is 0.457 e. The van der Waals surface area contributed by atoms with Gasteiger partial charge in [0.25, 0.3) is 0 Å². The topological polar surface area (TPSA) is 86.0 Å². The minimum absolute atomic E-state index is 0.0832. The van der Waals surface area contributed by atoms with E-state index < -0.39 is 11.9 Å². The average molecular weight is 466 g/mol. The Bertz CT molecular complexity index is 1180. The van der Waals surface area contributed by atoms with Crippen LogP contribution in [0.3, 0.4) is 0 Å². The molecule has 0 spiro atoms. The maximum absolute atomic E-state index is 13.9. The first-order chi connectivity index (χ1) is 16.4. The fourth-order valence-electron chi connectivity index (χ4n) is 5.45. The van der Waals surface area contributed by atoms with Crippen LogP contribution in [-0.2, 0) is 16.1 Å². The van der Waals surface area contributed by atoms with Crippen LogP contribution in [0.4, 0.5) is 4.39 Å². The Hall–Kier alpha value is -2.83. The van der Waals surface area contributed by atoms with Crippen LogP contribution in [0.5, 0.6) is 0 Å². The number of benzene rings is 2. The number of rotatable bonds is 4. The number of hydrogen-bond donors (Lipinski definition) is 1. The molecule has 34 heavy (non-hydrogen) atoms. The van der Waals surface area contributed by atoms with Gasteiger partial charge in [0.15, 0.2) is 0 Å². The number of morpholine rings is 1. The molecule has 2 fully saturated rings. The lowest BCUT2D eigenvalue weighted by atomic mass is 9.94. The summed E-state index contributed by atoms with van der Waals surface area (Å²) in [6.07, 6.45) is -0.851. The summed E-state index contributed by atoms with van der Waals surface area (Å²) in [5.74, 6) is -0.798. The summed E-state index contributed by atoms with van der Waals surface area (Å²) < 4.78 is 25.2. The number of β-amino-alcohol motifs (C(OH)–C–C–N with tert-alkyl or cyclic N) is 1. The fraction of sp³-hybridized carbons (Fsp3) is 0.462. The smallest absolute Gasteiger partial charge is 0.338 e. The zero-order valence-electron chi connectivity index (χ0n) is 19.4. The number of ether oxygens (including phenoxy) is 2. The lowest BCUT2D eigenvalue weighted by Gasteiger charge is -2.46. The van der Waals surface area contributed by atoms with E-state index in [2.05, 4.69) is 9.80 Å². The van der Waals surface area contributed by atoms with Crippen molar-refractivity contribution in [3.63, 3.8) is 0 Å². The van der Waals surface area contributed by atoms with Crippen LogP contribution in [0.2, 0.25) is 0 Å². The van der Waals surface area contributed by atoms with E-state index >= 15 is 0 Å². The summed E-state index contributed by atoms with van der Waals surface area (Å²) in [6.45, 7) is 8.14. The fourth-order valence-corrected chi connectivity index (χ4v) is 5.45. The first-order valence-electron chi connectivity index (χ1n) is 11.6. The van der Waals surface area contributed by atoms with Gasteiger partial charge in [0.05, 0.1) is 29.9 Å². The third kappa shape index (κ3) is 3.99. The molecule has 178 valence electrons. The number of cyclic esters (lactones) is 1. The standard InChI is InChI=1S/C26H28FN3O4/c1-15-18(3-4-20-22(15)14-34-26(20)32)24(31)11-29-7-8-30-12-25(33-13-17(30)10-29)19-5-6-23(27)21(9-28)16(19)2/h3-6,17,24-25,31H,7-8,10-14H2,1-2H3/t17-,24?,25+/m0/s1. The number of carbonyl (C=O) groups is 1. The first-order valence-corrected chi connectivity index (χ1v) is 11.6. The summed E-state index contributed by atoms with van der Waals surface area (Å²) in [5, 5.41) is 20.2. The molecule has 3 atom stereocenters. The van der Waals surface area contributed by atoms with Crippen LogP contribution in [0, 0.1) is 31.0 Å². The number of esters is 1. The Labute approximate surface area is 198 Å². The Kier molecular flexibility index (Phi) is 6.13. The molecular weight excluding hydrogens is 437 g/mol. The summed E-state index contributed by atoms with van der Waals surface area (Å²) in [4.78, 5) is 16.4. The molecule has 0 aromatic heterocycles. The van der Waals surface area contributed by atoms with Crippen molar-refractivity contribution in [2.75, 3.05) is 39.3 Å². The predicted octanol–water partition coefficient (Wildman–Crippen LogP) is 2.78. The van der Waals surface area contributed by atoms with Gasteiger partial charge < -0.3 is 14.6 Å². The molecule has 3 aliphatic heterocycles. The van der Waals surface area contributed by atoms with Crippen LogP contribution in [0.1, 0.15) is 55.9 Å². The van der Waals surface area contributed by atoms with Crippen molar-refractivity contribution in [3.05, 3.63) is 69.0 Å². The van der Waals surface area contributed by atoms with Crippen LogP contribution in [0.15, 0.2) is 24.3 Å². The third-order valence-corrected chi connectivity index (χ3v) is 7.49. The van der Waals surface area contributed by atoms with Crippen molar-refractivity contribution in [2.24, 2.45) is 0 Å². The highest BCUT2D eigenvalue weighted by Gasteiger charge is 2.36. The number of aliphatic hydroxyl groups is 1. The van der Waals surface area contributed by atoms with Crippen molar-refractivity contribution in [1.29, 1.82) is 5.26 Å². The van der Waals surface area contributed by atoms with Gasteiger partial charge >= 0.3 is 5.97 Å². The molecule has 3 heterocycles. The molecule has 1 N–H and O–H groups in total. The van der Waals surface area contributed by atoms with Crippen molar-refractivity contribution in [2.45, 2.75) is 38.7 Å². The zero-order chi connectivity index (χ0) is 24.0. The van der Waals surface area contributed by atoms with Gasteiger partial charge in [0.1, 0.15) is 18.5 Å². The van der Waals surface area contributed by atoms with E-state index in [-0.39, 0.29) is 30.3 Å². The van der Waals surface area contributed by atoms with Crippen LogP contribution in [-0.4, -0.2) is 66.2 Å². The SMILES string of the molecule is Cc1c([C@H]2CN3CCN(CC(O)c4ccc5c(c4C)COC5=O)C[C@H]3CO2)ccc(F)c1C#N. The molecule has 5 rings (SSSR count). The van der Waals surface area contributed by atoms with Crippen molar-refractivity contribution < 1.29 is 23.8 Å². The van der Waals surface area contributed by atoms with Crippen LogP contribution >= 0.6 is 0 Å². The second kappa shape index (κ2) is 9.08. The molecule has 0 amide bonds. The monoisotopic (exact) mass is 465 g/mol. The Balaban J connectivity index is 1.22. The lowest BCUT2D eigenvalue weighted by Crippen LogP contribution is -2.58. The average Bonchev–Trinajstić information content (AvgIpc) is 3.21. The molecule has 0 bridgehead atoms. The molecule has 0 saturated carbocycles. The number of fused-ring (bicyclic) bond motifs is 2. The van der Waals surface area contributed by atoms with Gasteiger partial charge in [0, 0.05) is 44.3 Å². The number of nitrogens with zero attached hydrogens (tertiary/aromatic N) is 3. The Morgan fingerprint density at radius 1 is 1.21 bits per heavy atom. The normalized spacial score (nSPS) is 23.7. The zero-order valence-corrected chi connectivity index (χ0v) is 19.4. The Morgan fingerprint density at radius 2 is 2.03 bits per heavy atom. The van der Waals surface area contributed by atoms with Gasteiger partial charge in [-0.1, -0.05) is 12.1 Å². The van der Waals surface area contributed by atoms with Gasteiger partial charge in [-0.3, -0.25) is 9.80 Å². The summed E-state index contributed by atoms with van der Waals surface area (Å²) in [5.41, 5.74) is 4.81. The summed E-state index contributed by atoms with van der Waals surface area (Å²) >= 11 is 0. The molecule has 2 saturated heterocycles. The van der Waals surface area contributed by atoms with E-state index in [0.717, 1.165) is 41.9 Å². The summed E-state index contributed by atoms with van der Waals surface area (Å²) in [7, 11) is 0. The second-order valence-corrected chi connectivity index (χ2v) is 9.38. The minimum atomic E-state index is -0.656. The number of nitriles is 1. The third-order valence-electron chi connectivity index (χ3n) is 7.49. The predicted molar refractivity (Wildman–Crippen MR) is 122 cm³/mol. The molecule has 7 nitrogen and oxygen atoms in total. The molecule has 2 aromatic rings. The van der Waals surface area contributed by atoms with Crippen molar-refractivity contribution >= 4 is 5.97 Å². The molecule has 3 aliphatic rings. The highest BCUT2D eigenvalue weighted by molar-refractivity contribution is 5.93. The number of hydrogen-bond acceptors (Lipinski definition) is 7. The number of carbonyl (C=O) groups excluding carboxylic acids is 1. The second-order valence-electron chi connectivity index (χ2n) is 9.38. The first kappa shape index (κ1) is 22.9. The highest BCUT2D eigenvalue weighted by Crippen LogP contribution is 2.32. The number of aliphatic hydroxyl groups excluding tert-OH is 1. The highest BCUT2D eigenvalue weighted by atomic mass is 19.1. The van der Waals surface area contributed by atoms with E-state index in [1.807, 2.05) is 19.1 Å². The van der Waals surface area contributed by atoms with E-state index in [9.17, 15) is 19.6 Å². The molecule has 0 radical (unpaired) electrons. The van der Waals surface area contributed by atoms with E-state index in [1.54, 1.807) is 19.1 Å². The van der Waals surface area contributed by atoms with E-state index in [4.69, 9.17) is 9.47 Å². The molecule has 1 unspecified atom stereocenters. The maximum Gasteiger partial charge on any atom is 0.338 e. The molecule has 0 aliphatic carbocycles. The Morgan fingerprint density at radius 3 is 2.82 bits per heavy atom. The van der Waals surface area contributed by atoms with E-state index in [0.29, 0.717) is 30.8 Å². The lowest BCUT2D eigenvalue weighted by molar-refractivity contribution is -0.0939. The summed E-state index contributed by atoms with van der Waals surface area (Å²) in [6, 6.07) is 8.81. The van der Waals surface area contributed by atoms with Crippen molar-refractivity contribution in [3.8, 4) is 6.07 Å². The number of piperazine rings is 1. The van der Waals surface area contributed by atoms with Gasteiger partial charge in [-0.25, -0.2) is 9.18 Å². The van der Waals surface area contributed by atoms with Gasteiger partial charge in [0.2, 0.25) is 0 Å². The van der Waals surface area contributed by atoms with Gasteiger partial charge in [-0.2, -0.15) is 5.26 Å². The quantitative estimate of drug-likeness (QED) is 0.695. The number of halogens is 1.